The molecule has 4 nitrogen and oxygen atoms in total. The van der Waals surface area contributed by atoms with Crippen LogP contribution in [-0.2, 0) is 0 Å². The van der Waals surface area contributed by atoms with E-state index >= 15 is 0 Å². The first-order chi connectivity index (χ1) is 10.6. The summed E-state index contributed by atoms with van der Waals surface area (Å²) in [6.07, 6.45) is 0.859. The number of hydrogen-bond acceptors (Lipinski definition) is 5. The van der Waals surface area contributed by atoms with Crippen LogP contribution in [0.4, 0.5) is 10.7 Å². The Morgan fingerprint density at radius 2 is 2.23 bits per heavy atom. The minimum Gasteiger partial charge on any atom is -0.481 e. The van der Waals surface area contributed by atoms with Crippen molar-refractivity contribution < 1.29 is 4.74 Å². The van der Waals surface area contributed by atoms with Crippen molar-refractivity contribution in [2.24, 2.45) is 10.7 Å². The second-order valence-electron chi connectivity index (χ2n) is 5.51. The first kappa shape index (κ1) is 14.9. The van der Waals surface area contributed by atoms with Gasteiger partial charge in [0.25, 0.3) is 0 Å². The van der Waals surface area contributed by atoms with Crippen LogP contribution in [0.2, 0.25) is 0 Å². The van der Waals surface area contributed by atoms with E-state index in [-0.39, 0.29) is 6.10 Å². The summed E-state index contributed by atoms with van der Waals surface area (Å²) in [6.45, 7) is 4.11. The molecule has 0 saturated carbocycles. The molecule has 0 amide bonds. The summed E-state index contributed by atoms with van der Waals surface area (Å²) in [7, 11) is 2.13. The molecule has 1 aromatic heterocycles. The summed E-state index contributed by atoms with van der Waals surface area (Å²) >= 11 is 1.75. The fourth-order valence-electron chi connectivity index (χ4n) is 2.77. The molecular weight excluding hydrogens is 294 g/mol. The second-order valence-corrected chi connectivity index (χ2v) is 6.44. The van der Waals surface area contributed by atoms with Gasteiger partial charge >= 0.3 is 0 Å². The maximum Gasteiger partial charge on any atom is 0.153 e. The van der Waals surface area contributed by atoms with Crippen molar-refractivity contribution in [1.82, 2.24) is 0 Å². The smallest absolute Gasteiger partial charge is 0.153 e. The highest BCUT2D eigenvalue weighted by Gasteiger charge is 2.22. The molecule has 5 heteroatoms. The first-order valence-corrected chi connectivity index (χ1v) is 8.39. The molecule has 1 aromatic carbocycles. The minimum absolute atomic E-state index is 0.158. The second kappa shape index (κ2) is 6.01. The van der Waals surface area contributed by atoms with E-state index in [4.69, 9.17) is 10.5 Å². The Balaban J connectivity index is 1.93. The van der Waals surface area contributed by atoms with E-state index < -0.39 is 0 Å². The Morgan fingerprint density at radius 1 is 1.41 bits per heavy atom. The number of thiophene rings is 1. The number of nitrogens with two attached hydrogens (primary N) is 1. The molecule has 2 aromatic rings. The average Bonchev–Trinajstić information content (AvgIpc) is 3.03. The van der Waals surface area contributed by atoms with Gasteiger partial charge in [-0.15, -0.1) is 11.3 Å². The van der Waals surface area contributed by atoms with Gasteiger partial charge in [0.05, 0.1) is 11.0 Å². The number of aliphatic imine (C=N–C) groups is 1. The topological polar surface area (TPSA) is 50.9 Å². The van der Waals surface area contributed by atoms with Crippen LogP contribution in [0.3, 0.4) is 0 Å². The summed E-state index contributed by atoms with van der Waals surface area (Å²) in [5.74, 6) is 1.34. The third kappa shape index (κ3) is 2.68. The van der Waals surface area contributed by atoms with Crippen molar-refractivity contribution >= 4 is 27.9 Å². The number of hydrogen-bond donors (Lipinski definition) is 1. The predicted octanol–water partition coefficient (Wildman–Crippen LogP) is 4.11. The summed E-state index contributed by atoms with van der Waals surface area (Å²) in [5, 5.41) is 3.36. The van der Waals surface area contributed by atoms with Crippen LogP contribution in [0.5, 0.6) is 5.75 Å². The van der Waals surface area contributed by atoms with Gasteiger partial charge in [-0.3, -0.25) is 0 Å². The van der Waals surface area contributed by atoms with Gasteiger partial charge in [-0.1, -0.05) is 13.0 Å². The molecule has 0 bridgehead atoms. The number of fused-ring (bicyclic) bond motifs is 1. The van der Waals surface area contributed by atoms with Crippen LogP contribution in [0.15, 0.2) is 40.7 Å². The molecule has 2 unspecified atom stereocenters. The van der Waals surface area contributed by atoms with Crippen LogP contribution in [0, 0.1) is 0 Å². The molecular formula is C17H21N3OS. The lowest BCUT2D eigenvalue weighted by Crippen LogP contribution is -2.33. The normalized spacial score (nSPS) is 18.1. The highest BCUT2D eigenvalue weighted by Crippen LogP contribution is 2.37. The largest absolute Gasteiger partial charge is 0.481 e. The quantitative estimate of drug-likeness (QED) is 0.924. The molecule has 0 fully saturated rings. The lowest BCUT2D eigenvalue weighted by molar-refractivity contribution is 0.281. The van der Waals surface area contributed by atoms with E-state index in [1.807, 2.05) is 13.0 Å². The van der Waals surface area contributed by atoms with Crippen LogP contribution < -0.4 is 15.4 Å². The molecule has 2 atom stereocenters. The maximum absolute atomic E-state index is 5.90. The van der Waals surface area contributed by atoms with Gasteiger partial charge in [0.2, 0.25) is 0 Å². The molecule has 1 aliphatic rings. The molecule has 0 saturated heterocycles. The number of rotatable bonds is 4. The predicted molar refractivity (Wildman–Crippen MR) is 93.6 cm³/mol. The Morgan fingerprint density at radius 3 is 2.91 bits per heavy atom. The third-order valence-corrected chi connectivity index (χ3v) is 5.00. The van der Waals surface area contributed by atoms with Gasteiger partial charge in [0.15, 0.2) is 6.10 Å². The van der Waals surface area contributed by atoms with Crippen LogP contribution in [0.1, 0.15) is 31.9 Å². The maximum atomic E-state index is 5.90. The zero-order valence-corrected chi connectivity index (χ0v) is 13.9. The minimum atomic E-state index is -0.158. The van der Waals surface area contributed by atoms with E-state index in [1.54, 1.807) is 11.3 Å². The van der Waals surface area contributed by atoms with Gasteiger partial charge in [-0.25, -0.2) is 4.99 Å². The Bertz CT molecular complexity index is 681. The SMILES string of the molecule is CCC(c1ccc2c(c1)N=C(N)C(C)O2)N(C)c1cccs1. The lowest BCUT2D eigenvalue weighted by Gasteiger charge is -2.29. The Kier molecular flexibility index (Phi) is 4.07. The average molecular weight is 315 g/mol. The monoisotopic (exact) mass is 315 g/mol. The van der Waals surface area contributed by atoms with Crippen molar-refractivity contribution in [2.75, 3.05) is 11.9 Å². The standard InChI is InChI=1S/C17H21N3OS/c1-4-14(20(3)16-6-5-9-22-16)12-7-8-15-13(10-12)19-17(18)11(2)21-15/h5-11,14H,4H2,1-3H3,(H2,18,19). The fourth-order valence-corrected chi connectivity index (χ4v) is 3.51. The first-order valence-electron chi connectivity index (χ1n) is 7.51. The Labute approximate surface area is 135 Å². The third-order valence-electron chi connectivity index (χ3n) is 4.05. The van der Waals surface area contributed by atoms with Gasteiger partial charge in [-0.05, 0) is 48.6 Å². The number of anilines is 1. The van der Waals surface area contributed by atoms with E-state index in [2.05, 4.69) is 53.5 Å². The fraction of sp³-hybridized carbons (Fsp3) is 0.353. The van der Waals surface area contributed by atoms with Gasteiger partial charge in [-0.2, -0.15) is 0 Å². The van der Waals surface area contributed by atoms with Gasteiger partial charge < -0.3 is 15.4 Å². The highest BCUT2D eigenvalue weighted by molar-refractivity contribution is 7.14. The summed E-state index contributed by atoms with van der Waals surface area (Å²) in [5.41, 5.74) is 7.96. The van der Waals surface area contributed by atoms with Crippen molar-refractivity contribution in [3.05, 3.63) is 41.3 Å². The van der Waals surface area contributed by atoms with Gasteiger partial charge in [0.1, 0.15) is 17.3 Å². The van der Waals surface area contributed by atoms with Crippen molar-refractivity contribution in [2.45, 2.75) is 32.4 Å². The van der Waals surface area contributed by atoms with Gasteiger partial charge in [0, 0.05) is 7.05 Å². The van der Waals surface area contributed by atoms with E-state index in [0.29, 0.717) is 11.9 Å². The highest BCUT2D eigenvalue weighted by atomic mass is 32.1. The molecule has 0 spiro atoms. The Hall–Kier alpha value is -2.01. The molecule has 116 valence electrons. The summed E-state index contributed by atoms with van der Waals surface area (Å²) in [4.78, 5) is 6.79. The molecule has 2 heterocycles. The summed E-state index contributed by atoms with van der Waals surface area (Å²) < 4.78 is 5.78. The van der Waals surface area contributed by atoms with E-state index in [1.165, 1.54) is 10.6 Å². The van der Waals surface area contributed by atoms with E-state index in [9.17, 15) is 0 Å². The van der Waals surface area contributed by atoms with Crippen LogP contribution in [-0.4, -0.2) is 19.0 Å². The molecule has 1 aliphatic heterocycles. The molecule has 0 aliphatic carbocycles. The van der Waals surface area contributed by atoms with Crippen LogP contribution >= 0.6 is 11.3 Å². The van der Waals surface area contributed by atoms with E-state index in [0.717, 1.165) is 17.9 Å². The lowest BCUT2D eigenvalue weighted by atomic mass is 10.0. The molecule has 22 heavy (non-hydrogen) atoms. The van der Waals surface area contributed by atoms with Crippen molar-refractivity contribution in [1.29, 1.82) is 0 Å². The number of nitrogens with zero attached hydrogens (tertiary/aromatic N) is 2. The molecule has 0 radical (unpaired) electrons. The zero-order chi connectivity index (χ0) is 15.7. The van der Waals surface area contributed by atoms with Crippen molar-refractivity contribution in [3.63, 3.8) is 0 Å². The summed E-state index contributed by atoms with van der Waals surface area (Å²) in [6, 6.07) is 10.7. The number of amidine groups is 1. The van der Waals surface area contributed by atoms with Crippen LogP contribution in [0.25, 0.3) is 0 Å². The molecule has 3 rings (SSSR count). The number of ether oxygens (including phenoxy) is 1. The zero-order valence-electron chi connectivity index (χ0n) is 13.1. The number of benzene rings is 1. The molecule has 2 N–H and O–H groups in total. The van der Waals surface area contributed by atoms with Crippen molar-refractivity contribution in [3.8, 4) is 5.75 Å².